The molecule has 1 saturated carbocycles. The molecule has 5 rings (SSSR count). The van der Waals surface area contributed by atoms with Gasteiger partial charge in [-0.25, -0.2) is 8.42 Å². The van der Waals surface area contributed by atoms with Crippen molar-refractivity contribution in [3.8, 4) is 0 Å². The molecule has 7 nitrogen and oxygen atoms in total. The molecule has 0 aliphatic heterocycles. The van der Waals surface area contributed by atoms with Gasteiger partial charge < -0.3 is 10.2 Å². The van der Waals surface area contributed by atoms with Crippen LogP contribution in [0.5, 0.6) is 0 Å². The summed E-state index contributed by atoms with van der Waals surface area (Å²) in [7, 11) is -4.22. The van der Waals surface area contributed by atoms with Crippen molar-refractivity contribution < 1.29 is 18.0 Å². The number of amides is 2. The van der Waals surface area contributed by atoms with Crippen molar-refractivity contribution in [2.75, 3.05) is 10.8 Å². The molecule has 1 atom stereocenters. The van der Waals surface area contributed by atoms with Crippen LogP contribution in [0, 0.1) is 20.8 Å². The molecule has 1 N–H and O–H groups in total. The van der Waals surface area contributed by atoms with Crippen molar-refractivity contribution >= 4 is 39.1 Å². The number of nitrogens with zero attached hydrogens (tertiary/aromatic N) is 2. The summed E-state index contributed by atoms with van der Waals surface area (Å²) in [4.78, 5) is 30.7. The van der Waals surface area contributed by atoms with Crippen molar-refractivity contribution in [2.45, 2.75) is 82.8 Å². The van der Waals surface area contributed by atoms with Crippen LogP contribution in [-0.2, 0) is 32.6 Å². The van der Waals surface area contributed by atoms with E-state index >= 15 is 0 Å². The smallest absolute Gasteiger partial charge is 0.264 e. The predicted molar refractivity (Wildman–Crippen MR) is 193 cm³/mol. The summed E-state index contributed by atoms with van der Waals surface area (Å²) in [6.45, 7) is 5.20. The topological polar surface area (TPSA) is 86.8 Å². The minimum atomic E-state index is -4.22. The van der Waals surface area contributed by atoms with Gasteiger partial charge in [-0.2, -0.15) is 0 Å². The van der Waals surface area contributed by atoms with E-state index in [1.807, 2.05) is 68.4 Å². The van der Waals surface area contributed by atoms with E-state index in [4.69, 9.17) is 11.6 Å². The number of halogens is 1. The van der Waals surface area contributed by atoms with Gasteiger partial charge in [0.1, 0.15) is 12.6 Å². The standard InChI is InChI=1S/C39H44ClN3O4S/c1-28-21-23-34(24-22-28)48(46,47)43(36-20-12-19-35(40)30(36)3)27-38(44)42(26-32-16-11-10-13-29(32)2)37(25-31-14-6-4-7-15-31)39(45)41-33-17-8-5-9-18-33/h4,6-7,10-16,19-24,33,37H,5,8-9,17-18,25-27H2,1-3H3,(H,41,45)/t37-/m1/s1. The molecule has 2 amide bonds. The van der Waals surface area contributed by atoms with E-state index in [1.165, 1.54) is 0 Å². The number of hydrogen-bond donors (Lipinski definition) is 1. The van der Waals surface area contributed by atoms with Gasteiger partial charge in [0.05, 0.1) is 10.6 Å². The largest absolute Gasteiger partial charge is 0.352 e. The molecular formula is C39H44ClN3O4S. The first-order chi connectivity index (χ1) is 23.0. The molecule has 0 heterocycles. The second-order valence-corrected chi connectivity index (χ2v) is 15.0. The highest BCUT2D eigenvalue weighted by Crippen LogP contribution is 2.32. The quantitative estimate of drug-likeness (QED) is 0.167. The molecule has 0 radical (unpaired) electrons. The van der Waals surface area contributed by atoms with Crippen LogP contribution in [0.1, 0.15) is 59.9 Å². The number of rotatable bonds is 12. The highest BCUT2D eigenvalue weighted by molar-refractivity contribution is 7.92. The third kappa shape index (κ3) is 8.47. The maximum absolute atomic E-state index is 14.8. The Hall–Kier alpha value is -4.14. The molecule has 0 bridgehead atoms. The maximum atomic E-state index is 14.8. The first-order valence-corrected chi connectivity index (χ1v) is 18.4. The zero-order chi connectivity index (χ0) is 34.3. The predicted octanol–water partition coefficient (Wildman–Crippen LogP) is 7.55. The number of benzene rings is 4. The Labute approximate surface area is 290 Å². The van der Waals surface area contributed by atoms with Crippen LogP contribution in [0.2, 0.25) is 5.02 Å². The number of aryl methyl sites for hydroxylation is 2. The fourth-order valence-electron chi connectivity index (χ4n) is 6.29. The molecule has 252 valence electrons. The zero-order valence-corrected chi connectivity index (χ0v) is 29.4. The first kappa shape index (κ1) is 35.2. The third-order valence-corrected chi connectivity index (χ3v) is 11.4. The molecule has 1 fully saturated rings. The molecule has 1 aliphatic rings. The molecule has 1 aliphatic carbocycles. The molecule has 48 heavy (non-hydrogen) atoms. The maximum Gasteiger partial charge on any atom is 0.264 e. The van der Waals surface area contributed by atoms with Crippen molar-refractivity contribution in [3.05, 3.63) is 130 Å². The van der Waals surface area contributed by atoms with Crippen LogP contribution in [0.3, 0.4) is 0 Å². The zero-order valence-electron chi connectivity index (χ0n) is 27.9. The highest BCUT2D eigenvalue weighted by Gasteiger charge is 2.36. The van der Waals surface area contributed by atoms with Crippen LogP contribution in [0.15, 0.2) is 102 Å². The number of nitrogens with one attached hydrogen (secondary N) is 1. The number of sulfonamides is 1. The summed E-state index contributed by atoms with van der Waals surface area (Å²) in [5.74, 6) is -0.729. The Balaban J connectivity index is 1.59. The Kier molecular flexibility index (Phi) is 11.6. The Bertz CT molecular complexity index is 1820. The van der Waals surface area contributed by atoms with Gasteiger partial charge in [-0.15, -0.1) is 0 Å². The number of carbonyl (C=O) groups is 2. The van der Waals surface area contributed by atoms with E-state index in [0.29, 0.717) is 16.3 Å². The average molecular weight is 686 g/mol. The third-order valence-electron chi connectivity index (χ3n) is 9.22. The summed E-state index contributed by atoms with van der Waals surface area (Å²) in [5.41, 5.74) is 4.49. The number of anilines is 1. The average Bonchev–Trinajstić information content (AvgIpc) is 3.08. The molecule has 0 aromatic heterocycles. The minimum Gasteiger partial charge on any atom is -0.352 e. The Morgan fingerprint density at radius 3 is 2.19 bits per heavy atom. The summed E-state index contributed by atoms with van der Waals surface area (Å²) >= 11 is 6.50. The van der Waals surface area contributed by atoms with Crippen molar-refractivity contribution in [1.82, 2.24) is 10.2 Å². The molecule has 4 aromatic rings. The summed E-state index contributed by atoms with van der Waals surface area (Å²) < 4.78 is 29.9. The lowest BCUT2D eigenvalue weighted by molar-refractivity contribution is -0.140. The highest BCUT2D eigenvalue weighted by atomic mass is 35.5. The lowest BCUT2D eigenvalue weighted by atomic mass is 9.94. The number of carbonyl (C=O) groups excluding carboxylic acids is 2. The van der Waals surface area contributed by atoms with Crippen LogP contribution >= 0.6 is 11.6 Å². The second-order valence-electron chi connectivity index (χ2n) is 12.7. The van der Waals surface area contributed by atoms with Gasteiger partial charge in [0, 0.05) is 24.0 Å². The van der Waals surface area contributed by atoms with Gasteiger partial charge in [0.2, 0.25) is 11.8 Å². The van der Waals surface area contributed by atoms with Gasteiger partial charge in [-0.3, -0.25) is 13.9 Å². The fraction of sp³-hybridized carbons (Fsp3) is 0.333. The van der Waals surface area contributed by atoms with Gasteiger partial charge in [0.15, 0.2) is 0 Å². The first-order valence-electron chi connectivity index (χ1n) is 16.6. The van der Waals surface area contributed by atoms with Crippen LogP contribution in [0.25, 0.3) is 0 Å². The molecule has 9 heteroatoms. The lowest BCUT2D eigenvalue weighted by Crippen LogP contribution is -2.55. The second kappa shape index (κ2) is 15.8. The monoisotopic (exact) mass is 685 g/mol. The van der Waals surface area contributed by atoms with E-state index in [0.717, 1.165) is 58.7 Å². The van der Waals surface area contributed by atoms with E-state index in [2.05, 4.69) is 5.32 Å². The van der Waals surface area contributed by atoms with Gasteiger partial charge in [0.25, 0.3) is 10.0 Å². The van der Waals surface area contributed by atoms with Crippen LogP contribution < -0.4 is 9.62 Å². The van der Waals surface area contributed by atoms with Crippen LogP contribution in [0.4, 0.5) is 5.69 Å². The molecule has 0 unspecified atom stereocenters. The van der Waals surface area contributed by atoms with Crippen LogP contribution in [-0.4, -0.2) is 43.8 Å². The molecule has 0 saturated heterocycles. The molecule has 0 spiro atoms. The minimum absolute atomic E-state index is 0.0347. The van der Waals surface area contributed by atoms with E-state index < -0.39 is 28.5 Å². The van der Waals surface area contributed by atoms with Gasteiger partial charge >= 0.3 is 0 Å². The number of hydrogen-bond acceptors (Lipinski definition) is 4. The van der Waals surface area contributed by atoms with Crippen molar-refractivity contribution in [2.24, 2.45) is 0 Å². The Morgan fingerprint density at radius 2 is 1.50 bits per heavy atom. The molecular weight excluding hydrogens is 642 g/mol. The summed E-state index contributed by atoms with van der Waals surface area (Å²) in [6.07, 6.45) is 5.30. The van der Waals surface area contributed by atoms with E-state index in [9.17, 15) is 18.0 Å². The van der Waals surface area contributed by atoms with Gasteiger partial charge in [-0.05, 0) is 80.1 Å². The molecule has 4 aromatic carbocycles. The Morgan fingerprint density at radius 1 is 0.833 bits per heavy atom. The summed E-state index contributed by atoms with van der Waals surface area (Å²) in [6, 6.07) is 28.1. The SMILES string of the molecule is Cc1ccc(S(=O)(=O)N(CC(=O)N(Cc2ccccc2C)[C@H](Cc2ccccc2)C(=O)NC2CCCCC2)c2cccc(Cl)c2C)cc1. The van der Waals surface area contributed by atoms with Crippen molar-refractivity contribution in [3.63, 3.8) is 0 Å². The lowest BCUT2D eigenvalue weighted by Gasteiger charge is -2.35. The van der Waals surface area contributed by atoms with E-state index in [1.54, 1.807) is 54.3 Å². The normalized spacial score (nSPS) is 14.2. The fourth-order valence-corrected chi connectivity index (χ4v) is 7.93. The van der Waals surface area contributed by atoms with Gasteiger partial charge in [-0.1, -0.05) is 109 Å². The van der Waals surface area contributed by atoms with E-state index in [-0.39, 0.29) is 29.8 Å². The summed E-state index contributed by atoms with van der Waals surface area (Å²) in [5, 5.41) is 3.64. The van der Waals surface area contributed by atoms with Crippen molar-refractivity contribution in [1.29, 1.82) is 0 Å².